The maximum Gasteiger partial charge on any atom is 0.248 e. The fourth-order valence-corrected chi connectivity index (χ4v) is 2.31. The van der Waals surface area contributed by atoms with Crippen molar-refractivity contribution < 1.29 is 14.1 Å². The van der Waals surface area contributed by atoms with E-state index in [1.807, 2.05) is 13.8 Å². The van der Waals surface area contributed by atoms with Crippen molar-refractivity contribution in [1.82, 2.24) is 15.4 Å². The van der Waals surface area contributed by atoms with Gasteiger partial charge in [-0.2, -0.15) is 0 Å². The summed E-state index contributed by atoms with van der Waals surface area (Å²) in [6.45, 7) is 6.33. The number of piperidine rings is 1. The normalized spacial score (nSPS) is 16.4. The molecule has 1 aromatic rings. The Bertz CT molecular complexity index is 433. The summed E-state index contributed by atoms with van der Waals surface area (Å²) in [5.41, 5.74) is 1.81. The molecule has 1 saturated heterocycles. The molecule has 6 nitrogen and oxygen atoms in total. The molecule has 2 rings (SSSR count). The van der Waals surface area contributed by atoms with Gasteiger partial charge in [-0.15, -0.1) is 0 Å². The summed E-state index contributed by atoms with van der Waals surface area (Å²) in [5, 5.41) is 7.17. The number of hydrogen-bond donors (Lipinski definition) is 1. The minimum Gasteiger partial charge on any atom is -0.368 e. The average molecular weight is 281 g/mol. The Hall–Kier alpha value is -1.40. The Labute approximate surface area is 119 Å². The van der Waals surface area contributed by atoms with Crippen LogP contribution in [0.15, 0.2) is 4.52 Å². The smallest absolute Gasteiger partial charge is 0.248 e. The summed E-state index contributed by atoms with van der Waals surface area (Å²) >= 11 is 0. The standard InChI is InChI=1S/C14H23N3O3/c1-10-13(11(2)20-16-10)8-17(3)14(18)9-19-12-4-6-15-7-5-12/h12,15H,4-9H2,1-3H3. The van der Waals surface area contributed by atoms with Gasteiger partial charge >= 0.3 is 0 Å². The third-order valence-corrected chi connectivity index (χ3v) is 3.73. The zero-order chi connectivity index (χ0) is 14.5. The maximum atomic E-state index is 12.1. The van der Waals surface area contributed by atoms with E-state index in [1.165, 1.54) is 0 Å². The Balaban J connectivity index is 1.79. The van der Waals surface area contributed by atoms with Crippen LogP contribution in [0.3, 0.4) is 0 Å². The quantitative estimate of drug-likeness (QED) is 0.872. The van der Waals surface area contributed by atoms with Crippen LogP contribution >= 0.6 is 0 Å². The summed E-state index contributed by atoms with van der Waals surface area (Å²) < 4.78 is 10.8. The fraction of sp³-hybridized carbons (Fsp3) is 0.714. The van der Waals surface area contributed by atoms with Crippen LogP contribution in [0.2, 0.25) is 0 Å². The molecule has 0 unspecified atom stereocenters. The van der Waals surface area contributed by atoms with E-state index in [9.17, 15) is 4.79 Å². The van der Waals surface area contributed by atoms with E-state index in [0.717, 1.165) is 42.9 Å². The number of amides is 1. The van der Waals surface area contributed by atoms with Gasteiger partial charge in [0, 0.05) is 12.6 Å². The molecule has 2 heterocycles. The van der Waals surface area contributed by atoms with Crippen LogP contribution in [-0.2, 0) is 16.1 Å². The number of carbonyl (C=O) groups is 1. The Kier molecular flexibility index (Phi) is 5.14. The topological polar surface area (TPSA) is 67.6 Å². The lowest BCUT2D eigenvalue weighted by atomic mass is 10.1. The monoisotopic (exact) mass is 281 g/mol. The molecule has 0 aromatic carbocycles. The summed E-state index contributed by atoms with van der Waals surface area (Å²) in [6, 6.07) is 0. The fourth-order valence-electron chi connectivity index (χ4n) is 2.31. The van der Waals surface area contributed by atoms with Gasteiger partial charge in [0.05, 0.1) is 18.3 Å². The Morgan fingerprint density at radius 3 is 2.75 bits per heavy atom. The summed E-state index contributed by atoms with van der Waals surface area (Å²) in [5.74, 6) is 0.755. The van der Waals surface area contributed by atoms with Crippen LogP contribution in [-0.4, -0.2) is 48.8 Å². The van der Waals surface area contributed by atoms with Crippen molar-refractivity contribution in [3.05, 3.63) is 17.0 Å². The van der Waals surface area contributed by atoms with Crippen LogP contribution < -0.4 is 5.32 Å². The molecule has 6 heteroatoms. The molecule has 1 aromatic heterocycles. The lowest BCUT2D eigenvalue weighted by molar-refractivity contribution is -0.137. The lowest BCUT2D eigenvalue weighted by Crippen LogP contribution is -2.36. The highest BCUT2D eigenvalue weighted by Crippen LogP contribution is 2.14. The van der Waals surface area contributed by atoms with Gasteiger partial charge in [-0.05, 0) is 39.8 Å². The number of rotatable bonds is 5. The molecule has 20 heavy (non-hydrogen) atoms. The van der Waals surface area contributed by atoms with Crippen LogP contribution in [0, 0.1) is 13.8 Å². The average Bonchev–Trinajstić information content (AvgIpc) is 2.77. The van der Waals surface area contributed by atoms with E-state index in [1.54, 1.807) is 11.9 Å². The number of aromatic nitrogens is 1. The lowest BCUT2D eigenvalue weighted by Gasteiger charge is -2.24. The molecular formula is C14H23N3O3. The molecule has 1 N–H and O–H groups in total. The highest BCUT2D eigenvalue weighted by molar-refractivity contribution is 5.77. The minimum atomic E-state index is -0.0106. The number of aryl methyl sites for hydroxylation is 2. The van der Waals surface area contributed by atoms with Crippen molar-refractivity contribution >= 4 is 5.91 Å². The zero-order valence-corrected chi connectivity index (χ0v) is 12.4. The molecule has 1 aliphatic heterocycles. The maximum absolute atomic E-state index is 12.1. The van der Waals surface area contributed by atoms with Crippen molar-refractivity contribution in [2.75, 3.05) is 26.7 Å². The van der Waals surface area contributed by atoms with Crippen LogP contribution in [0.4, 0.5) is 0 Å². The largest absolute Gasteiger partial charge is 0.368 e. The molecular weight excluding hydrogens is 258 g/mol. The van der Waals surface area contributed by atoms with Gasteiger partial charge in [-0.25, -0.2) is 0 Å². The SMILES string of the molecule is Cc1noc(C)c1CN(C)C(=O)COC1CCNCC1. The van der Waals surface area contributed by atoms with Gasteiger partial charge in [0.15, 0.2) is 0 Å². The molecule has 0 radical (unpaired) electrons. The van der Waals surface area contributed by atoms with Gasteiger partial charge in [-0.3, -0.25) is 4.79 Å². The number of carbonyl (C=O) groups excluding carboxylic acids is 1. The summed E-state index contributed by atoms with van der Waals surface area (Å²) in [7, 11) is 1.78. The second-order valence-corrected chi connectivity index (χ2v) is 5.31. The van der Waals surface area contributed by atoms with Crippen LogP contribution in [0.1, 0.15) is 29.9 Å². The second kappa shape index (κ2) is 6.85. The molecule has 0 saturated carbocycles. The first-order valence-corrected chi connectivity index (χ1v) is 7.06. The Morgan fingerprint density at radius 1 is 1.45 bits per heavy atom. The van der Waals surface area contributed by atoms with E-state index in [-0.39, 0.29) is 18.6 Å². The van der Waals surface area contributed by atoms with Crippen molar-refractivity contribution in [3.63, 3.8) is 0 Å². The second-order valence-electron chi connectivity index (χ2n) is 5.31. The predicted molar refractivity (Wildman–Crippen MR) is 74.3 cm³/mol. The molecule has 1 aliphatic rings. The van der Waals surface area contributed by atoms with Crippen molar-refractivity contribution in [2.45, 2.75) is 39.3 Å². The first-order valence-electron chi connectivity index (χ1n) is 7.06. The molecule has 112 valence electrons. The summed E-state index contributed by atoms with van der Waals surface area (Å²) in [4.78, 5) is 13.7. The number of nitrogens with zero attached hydrogens (tertiary/aromatic N) is 2. The summed E-state index contributed by atoms with van der Waals surface area (Å²) in [6.07, 6.45) is 2.15. The highest BCUT2D eigenvalue weighted by Gasteiger charge is 2.18. The van der Waals surface area contributed by atoms with Crippen molar-refractivity contribution in [3.8, 4) is 0 Å². The van der Waals surface area contributed by atoms with Crippen molar-refractivity contribution in [2.24, 2.45) is 0 Å². The van der Waals surface area contributed by atoms with E-state index in [4.69, 9.17) is 9.26 Å². The highest BCUT2D eigenvalue weighted by atomic mass is 16.5. The van der Waals surface area contributed by atoms with E-state index >= 15 is 0 Å². The number of nitrogens with one attached hydrogen (secondary N) is 1. The van der Waals surface area contributed by atoms with Crippen molar-refractivity contribution in [1.29, 1.82) is 0 Å². The van der Waals surface area contributed by atoms with Gasteiger partial charge in [0.1, 0.15) is 12.4 Å². The number of likely N-dealkylation sites (N-methyl/N-ethyl adjacent to an activating group) is 1. The molecule has 0 spiro atoms. The molecule has 0 aliphatic carbocycles. The Morgan fingerprint density at radius 2 is 2.15 bits per heavy atom. The van der Waals surface area contributed by atoms with E-state index in [0.29, 0.717) is 6.54 Å². The minimum absolute atomic E-state index is 0.0106. The van der Waals surface area contributed by atoms with Gasteiger partial charge in [0.2, 0.25) is 5.91 Å². The predicted octanol–water partition coefficient (Wildman–Crippen LogP) is 1.02. The van der Waals surface area contributed by atoms with Gasteiger partial charge in [0.25, 0.3) is 0 Å². The van der Waals surface area contributed by atoms with Gasteiger partial charge in [-0.1, -0.05) is 5.16 Å². The third-order valence-electron chi connectivity index (χ3n) is 3.73. The molecule has 0 bridgehead atoms. The third kappa shape index (κ3) is 3.80. The molecule has 1 fully saturated rings. The van der Waals surface area contributed by atoms with Gasteiger partial charge < -0.3 is 19.5 Å². The number of hydrogen-bond acceptors (Lipinski definition) is 5. The van der Waals surface area contributed by atoms with Crippen LogP contribution in [0.5, 0.6) is 0 Å². The van der Waals surface area contributed by atoms with E-state index in [2.05, 4.69) is 10.5 Å². The molecule has 0 atom stereocenters. The first-order chi connectivity index (χ1) is 9.58. The molecule has 1 amide bonds. The van der Waals surface area contributed by atoms with Crippen LogP contribution in [0.25, 0.3) is 0 Å². The first kappa shape index (κ1) is 15.0. The van der Waals surface area contributed by atoms with E-state index < -0.39 is 0 Å². The number of ether oxygens (including phenoxy) is 1. The zero-order valence-electron chi connectivity index (χ0n) is 12.4.